The van der Waals surface area contributed by atoms with Gasteiger partial charge in [-0.25, -0.2) is 8.42 Å². The zero-order valence-electron chi connectivity index (χ0n) is 9.11. The van der Waals surface area contributed by atoms with Crippen molar-refractivity contribution in [3.05, 3.63) is 29.8 Å². The van der Waals surface area contributed by atoms with Crippen LogP contribution in [-0.2, 0) is 16.4 Å². The minimum atomic E-state index is -3.22. The maximum atomic E-state index is 11.3. The van der Waals surface area contributed by atoms with Crippen LogP contribution in [0.3, 0.4) is 0 Å². The first kappa shape index (κ1) is 12.3. The van der Waals surface area contributed by atoms with Gasteiger partial charge in [0.25, 0.3) is 0 Å². The van der Waals surface area contributed by atoms with Crippen LogP contribution in [0.25, 0.3) is 0 Å². The van der Waals surface area contributed by atoms with E-state index in [1.54, 1.807) is 24.3 Å². The average molecular weight is 258 g/mol. The van der Waals surface area contributed by atoms with E-state index in [-0.39, 0.29) is 18.1 Å². The van der Waals surface area contributed by atoms with Crippen molar-refractivity contribution in [1.29, 1.82) is 0 Å². The zero-order chi connectivity index (χ0) is 12.5. The van der Waals surface area contributed by atoms with Crippen LogP contribution >= 0.6 is 0 Å². The summed E-state index contributed by atoms with van der Waals surface area (Å²) >= 11 is 0. The fourth-order valence-corrected chi connectivity index (χ4v) is 3.48. The van der Waals surface area contributed by atoms with Crippen molar-refractivity contribution >= 4 is 9.84 Å². The van der Waals surface area contributed by atoms with Gasteiger partial charge in [-0.1, -0.05) is 18.2 Å². The first-order valence-corrected chi connectivity index (χ1v) is 7.08. The second-order valence-corrected chi connectivity index (χ2v) is 6.22. The van der Waals surface area contributed by atoms with Crippen molar-refractivity contribution in [1.82, 2.24) is 0 Å². The molecule has 0 spiro atoms. The molecular formula is C11H14O5S. The smallest absolute Gasteiger partial charge is 0.156 e. The molecule has 1 aliphatic rings. The Kier molecular flexibility index (Phi) is 3.37. The summed E-state index contributed by atoms with van der Waals surface area (Å²) < 4.78 is 28.1. The van der Waals surface area contributed by atoms with Gasteiger partial charge < -0.3 is 14.9 Å². The molecule has 1 aromatic rings. The van der Waals surface area contributed by atoms with Crippen molar-refractivity contribution in [2.75, 3.05) is 11.5 Å². The second kappa shape index (κ2) is 4.64. The summed E-state index contributed by atoms with van der Waals surface area (Å²) in [4.78, 5) is 0. The van der Waals surface area contributed by atoms with E-state index in [0.29, 0.717) is 11.3 Å². The average Bonchev–Trinajstić information content (AvgIpc) is 2.52. The molecule has 17 heavy (non-hydrogen) atoms. The van der Waals surface area contributed by atoms with E-state index in [4.69, 9.17) is 9.84 Å². The summed E-state index contributed by atoms with van der Waals surface area (Å²) in [6.07, 6.45) is -1.76. The van der Waals surface area contributed by atoms with Crippen LogP contribution in [0.1, 0.15) is 5.56 Å². The molecule has 5 nitrogen and oxygen atoms in total. The summed E-state index contributed by atoms with van der Waals surface area (Å²) in [5, 5.41) is 18.7. The van der Waals surface area contributed by atoms with Crippen LogP contribution < -0.4 is 4.74 Å². The highest BCUT2D eigenvalue weighted by Crippen LogP contribution is 2.23. The molecule has 1 fully saturated rings. The number of rotatable bonds is 3. The first-order chi connectivity index (χ1) is 8.02. The molecule has 6 heteroatoms. The Hall–Kier alpha value is -1.11. The first-order valence-electron chi connectivity index (χ1n) is 5.26. The summed E-state index contributed by atoms with van der Waals surface area (Å²) in [6.45, 7) is -0.189. The lowest BCUT2D eigenvalue weighted by Gasteiger charge is -2.17. The molecule has 0 bridgehead atoms. The van der Waals surface area contributed by atoms with Gasteiger partial charge in [-0.3, -0.25) is 0 Å². The molecule has 2 unspecified atom stereocenters. The fourth-order valence-electron chi connectivity index (χ4n) is 1.82. The largest absolute Gasteiger partial charge is 0.486 e. The molecular weight excluding hydrogens is 244 g/mol. The number of aliphatic hydroxyl groups excluding tert-OH is 2. The summed E-state index contributed by atoms with van der Waals surface area (Å²) in [7, 11) is -3.22. The van der Waals surface area contributed by atoms with E-state index >= 15 is 0 Å². The fraction of sp³-hybridized carbons (Fsp3) is 0.455. The molecule has 0 amide bonds. The van der Waals surface area contributed by atoms with Crippen LogP contribution in [0.5, 0.6) is 5.75 Å². The number of para-hydroxylation sites is 1. The van der Waals surface area contributed by atoms with Crippen LogP contribution in [0, 0.1) is 0 Å². The van der Waals surface area contributed by atoms with E-state index in [2.05, 4.69) is 0 Å². The van der Waals surface area contributed by atoms with E-state index in [0.717, 1.165) is 0 Å². The van der Waals surface area contributed by atoms with Crippen molar-refractivity contribution in [3.8, 4) is 5.75 Å². The van der Waals surface area contributed by atoms with Gasteiger partial charge >= 0.3 is 0 Å². The zero-order valence-corrected chi connectivity index (χ0v) is 9.93. The van der Waals surface area contributed by atoms with Gasteiger partial charge in [0.2, 0.25) is 0 Å². The Morgan fingerprint density at radius 1 is 1.29 bits per heavy atom. The van der Waals surface area contributed by atoms with Crippen LogP contribution in [-0.4, -0.2) is 42.3 Å². The van der Waals surface area contributed by atoms with Crippen molar-refractivity contribution in [3.63, 3.8) is 0 Å². The number of ether oxygens (including phenoxy) is 1. The number of benzene rings is 1. The predicted molar refractivity (Wildman–Crippen MR) is 61.4 cm³/mol. The standard InChI is InChI=1S/C11H14O5S/c12-5-8-3-1-2-4-10(8)16-11-7-17(14,15)6-9(11)13/h1-4,9,11-13H,5-7H2. The van der Waals surface area contributed by atoms with E-state index in [9.17, 15) is 13.5 Å². The SMILES string of the molecule is O=S1(=O)CC(O)C(Oc2ccccc2CO)C1. The molecule has 0 aliphatic carbocycles. The van der Waals surface area contributed by atoms with Crippen molar-refractivity contribution < 1.29 is 23.4 Å². The third kappa shape index (κ3) is 2.77. The molecule has 0 saturated carbocycles. The molecule has 1 heterocycles. The van der Waals surface area contributed by atoms with Crippen molar-refractivity contribution in [2.45, 2.75) is 18.8 Å². The molecule has 2 N–H and O–H groups in total. The lowest BCUT2D eigenvalue weighted by atomic mass is 10.2. The molecule has 2 atom stereocenters. The van der Waals surface area contributed by atoms with E-state index in [1.807, 2.05) is 0 Å². The normalized spacial score (nSPS) is 26.9. The monoisotopic (exact) mass is 258 g/mol. The number of hydrogen-bond donors (Lipinski definition) is 2. The summed E-state index contributed by atoms with van der Waals surface area (Å²) in [5.74, 6) is -0.0384. The summed E-state index contributed by atoms with van der Waals surface area (Å²) in [5.41, 5.74) is 0.573. The topological polar surface area (TPSA) is 83.8 Å². The number of sulfone groups is 1. The maximum Gasteiger partial charge on any atom is 0.156 e. The Morgan fingerprint density at radius 2 is 2.00 bits per heavy atom. The van der Waals surface area contributed by atoms with E-state index < -0.39 is 22.0 Å². The Morgan fingerprint density at radius 3 is 2.59 bits per heavy atom. The number of aliphatic hydroxyl groups is 2. The van der Waals surface area contributed by atoms with Gasteiger partial charge in [-0.2, -0.15) is 0 Å². The van der Waals surface area contributed by atoms with E-state index in [1.165, 1.54) is 0 Å². The molecule has 1 saturated heterocycles. The van der Waals surface area contributed by atoms with Gasteiger partial charge in [0.1, 0.15) is 18.0 Å². The minimum Gasteiger partial charge on any atom is -0.486 e. The van der Waals surface area contributed by atoms with Gasteiger partial charge in [0.05, 0.1) is 18.1 Å². The molecule has 1 aliphatic heterocycles. The van der Waals surface area contributed by atoms with Crippen LogP contribution in [0.2, 0.25) is 0 Å². The third-order valence-electron chi connectivity index (χ3n) is 2.69. The quantitative estimate of drug-likeness (QED) is 0.778. The Balaban J connectivity index is 2.16. The lowest BCUT2D eigenvalue weighted by Crippen LogP contribution is -2.30. The summed E-state index contributed by atoms with van der Waals surface area (Å²) in [6, 6.07) is 6.80. The molecule has 1 aromatic carbocycles. The maximum absolute atomic E-state index is 11.3. The highest BCUT2D eigenvalue weighted by molar-refractivity contribution is 7.91. The highest BCUT2D eigenvalue weighted by Gasteiger charge is 2.38. The predicted octanol–water partition coefficient (Wildman–Crippen LogP) is -0.284. The van der Waals surface area contributed by atoms with Gasteiger partial charge in [-0.05, 0) is 6.07 Å². The van der Waals surface area contributed by atoms with Gasteiger partial charge in [0.15, 0.2) is 9.84 Å². The van der Waals surface area contributed by atoms with Crippen LogP contribution in [0.4, 0.5) is 0 Å². The van der Waals surface area contributed by atoms with Gasteiger partial charge in [0, 0.05) is 5.56 Å². The van der Waals surface area contributed by atoms with Crippen LogP contribution in [0.15, 0.2) is 24.3 Å². The second-order valence-electron chi connectivity index (χ2n) is 4.07. The van der Waals surface area contributed by atoms with Gasteiger partial charge in [-0.15, -0.1) is 0 Å². The molecule has 94 valence electrons. The number of hydrogen-bond acceptors (Lipinski definition) is 5. The molecule has 0 aromatic heterocycles. The molecule has 2 rings (SSSR count). The minimum absolute atomic E-state index is 0.187. The molecule has 0 radical (unpaired) electrons. The lowest BCUT2D eigenvalue weighted by molar-refractivity contribution is 0.0721. The Labute approximate surface area is 99.6 Å². The third-order valence-corrected chi connectivity index (χ3v) is 4.38. The highest BCUT2D eigenvalue weighted by atomic mass is 32.2. The Bertz CT molecular complexity index is 496. The van der Waals surface area contributed by atoms with Crippen molar-refractivity contribution in [2.24, 2.45) is 0 Å².